The first-order valence-corrected chi connectivity index (χ1v) is 16.5. The van der Waals surface area contributed by atoms with Gasteiger partial charge in [-0.05, 0) is 49.6 Å². The average Bonchev–Trinajstić information content (AvgIpc) is 3.81. The maximum Gasteiger partial charge on any atom is 0.320 e. The summed E-state index contributed by atoms with van der Waals surface area (Å²) in [4.78, 5) is 28.9. The van der Waals surface area contributed by atoms with E-state index in [0.717, 1.165) is 30.7 Å². The molecule has 0 bridgehead atoms. The first-order valence-electron chi connectivity index (χ1n) is 15.7. The lowest BCUT2D eigenvalue weighted by Crippen LogP contribution is -2.43. The van der Waals surface area contributed by atoms with Gasteiger partial charge in [-0.25, -0.2) is 18.0 Å². The minimum atomic E-state index is -0.955. The molecule has 3 aliphatic heterocycles. The van der Waals surface area contributed by atoms with Crippen LogP contribution in [0.2, 0.25) is 0 Å². The van der Waals surface area contributed by atoms with Crippen LogP contribution in [0.3, 0.4) is 0 Å². The molecule has 5 heterocycles. The molecule has 2 N–H and O–H groups in total. The van der Waals surface area contributed by atoms with Gasteiger partial charge in [-0.3, -0.25) is 9.69 Å². The fraction of sp³-hybridized carbons (Fsp3) is 0.412. The Hall–Kier alpha value is -4.41. The zero-order chi connectivity index (χ0) is 33.0. The highest BCUT2D eigenvalue weighted by atomic mass is 32.1. The first-order chi connectivity index (χ1) is 22.7. The van der Waals surface area contributed by atoms with E-state index in [1.54, 1.807) is 11.0 Å². The molecule has 244 valence electrons. The molecule has 0 saturated carbocycles. The maximum absolute atomic E-state index is 16.7. The minimum Gasteiger partial charge on any atom is -0.471 e. The molecular weight excluding hydrogens is 629 g/mol. The van der Waals surface area contributed by atoms with Crippen LogP contribution >= 0.6 is 11.3 Å². The van der Waals surface area contributed by atoms with Crippen LogP contribution < -0.4 is 15.2 Å². The Morgan fingerprint density at radius 3 is 2.83 bits per heavy atom. The Morgan fingerprint density at radius 1 is 1.26 bits per heavy atom. The van der Waals surface area contributed by atoms with Gasteiger partial charge in [0.1, 0.15) is 30.2 Å². The lowest BCUT2D eigenvalue weighted by atomic mass is 9.95. The number of nitrogens with zero attached hydrogens (tertiary/aromatic N) is 5. The number of nitrogen functional groups attached to an aromatic ring is 1. The molecule has 7 rings (SSSR count). The fourth-order valence-corrected chi connectivity index (χ4v) is 8.55. The molecule has 0 aliphatic carbocycles. The topological polar surface area (TPSA) is 98.2 Å². The number of alkyl halides is 1. The van der Waals surface area contributed by atoms with Crippen LogP contribution in [0.1, 0.15) is 39.0 Å². The monoisotopic (exact) mass is 662 g/mol. The van der Waals surface area contributed by atoms with Crippen LogP contribution in [-0.2, 0) is 4.79 Å². The third-order valence-corrected chi connectivity index (χ3v) is 10.8. The maximum atomic E-state index is 16.7. The molecule has 0 radical (unpaired) electrons. The van der Waals surface area contributed by atoms with E-state index in [1.165, 1.54) is 24.3 Å². The third kappa shape index (κ3) is 5.14. The number of carbonyl (C=O) groups excluding carboxylic acids is 1. The number of hydrogen-bond donors (Lipinski definition) is 1. The van der Waals surface area contributed by atoms with Gasteiger partial charge in [0, 0.05) is 36.9 Å². The number of hydrogen-bond acceptors (Lipinski definition) is 8. The SMILES string of the molecule is [C-]#[N+]c1c(N)sc2c(F)ccc(-c3ccc4c(O[C@@H]5CCN(C(=O)C=C)[C@@H]5CC)nc(OC[C@@]56CCCN5C[C@H](F)C6)nc4c3F)c12. The van der Waals surface area contributed by atoms with Crippen LogP contribution in [-0.4, -0.2) is 75.8 Å². The summed E-state index contributed by atoms with van der Waals surface area (Å²) >= 11 is 0.939. The number of ether oxygens (including phenoxy) is 2. The molecule has 4 atom stereocenters. The van der Waals surface area contributed by atoms with Gasteiger partial charge in [-0.15, -0.1) is 11.3 Å². The third-order valence-electron chi connectivity index (χ3n) is 9.80. The summed E-state index contributed by atoms with van der Waals surface area (Å²) in [5.74, 6) is -1.40. The second kappa shape index (κ2) is 12.0. The Bertz CT molecular complexity index is 1960. The second-order valence-corrected chi connectivity index (χ2v) is 13.4. The number of likely N-dealkylation sites (tertiary alicyclic amines) is 1. The summed E-state index contributed by atoms with van der Waals surface area (Å²) in [6, 6.07) is 5.42. The summed E-state index contributed by atoms with van der Waals surface area (Å²) < 4.78 is 58.8. The number of amides is 1. The van der Waals surface area contributed by atoms with E-state index < -0.39 is 29.4 Å². The largest absolute Gasteiger partial charge is 0.471 e. The van der Waals surface area contributed by atoms with Crippen molar-refractivity contribution in [3.63, 3.8) is 0 Å². The summed E-state index contributed by atoms with van der Waals surface area (Å²) in [5, 5.41) is 0.653. The molecular formula is C34H33F3N6O3S. The molecule has 1 amide bonds. The van der Waals surface area contributed by atoms with Crippen LogP contribution in [0.15, 0.2) is 36.9 Å². The van der Waals surface area contributed by atoms with Crippen molar-refractivity contribution in [2.45, 2.75) is 62.9 Å². The number of nitrogens with two attached hydrogens (primary N) is 1. The molecule has 47 heavy (non-hydrogen) atoms. The number of fused-ring (bicyclic) bond motifs is 3. The molecule has 9 nitrogen and oxygen atoms in total. The van der Waals surface area contributed by atoms with Gasteiger partial charge >= 0.3 is 6.01 Å². The summed E-state index contributed by atoms with van der Waals surface area (Å²) in [6.07, 6.45) is 3.06. The normalized spacial score (nSPS) is 24.1. The smallest absolute Gasteiger partial charge is 0.320 e. The standard InChI is InChI=1S/C34H33F3N6O3S/c1-4-23-24(11-14-43(23)25(44)5-2)46-32-21-8-7-20(19-9-10-22(36)30-26(19)29(39-3)31(38)47-30)27(37)28(21)40-33(41-32)45-17-34-12-6-13-42(34)16-18(35)15-34/h5,7-10,18,23-24H,2,4,6,11-17,38H2,1H3/t18-,23-,24-,34+/m1/s1. The molecule has 2 aromatic heterocycles. The van der Waals surface area contributed by atoms with E-state index in [9.17, 15) is 13.6 Å². The highest BCUT2D eigenvalue weighted by molar-refractivity contribution is 7.23. The van der Waals surface area contributed by atoms with Gasteiger partial charge < -0.3 is 20.1 Å². The molecule has 0 spiro atoms. The van der Waals surface area contributed by atoms with E-state index in [0.29, 0.717) is 37.9 Å². The van der Waals surface area contributed by atoms with Crippen LogP contribution in [0.25, 0.3) is 37.0 Å². The van der Waals surface area contributed by atoms with Crippen molar-refractivity contribution in [2.75, 3.05) is 32.0 Å². The molecule has 13 heteroatoms. The van der Waals surface area contributed by atoms with Gasteiger partial charge in [-0.1, -0.05) is 25.6 Å². The summed E-state index contributed by atoms with van der Waals surface area (Å²) in [7, 11) is 0. The van der Waals surface area contributed by atoms with Gasteiger partial charge in [0.15, 0.2) is 5.82 Å². The molecule has 2 aromatic carbocycles. The lowest BCUT2D eigenvalue weighted by molar-refractivity contribution is -0.127. The Labute approximate surface area is 273 Å². The van der Waals surface area contributed by atoms with Crippen molar-refractivity contribution in [1.29, 1.82) is 0 Å². The molecule has 0 unspecified atom stereocenters. The number of benzene rings is 2. The van der Waals surface area contributed by atoms with Crippen LogP contribution in [0, 0.1) is 18.2 Å². The summed E-state index contributed by atoms with van der Waals surface area (Å²) in [5.41, 5.74) is 5.92. The number of rotatable bonds is 8. The molecule has 4 aromatic rings. The van der Waals surface area contributed by atoms with Crippen molar-refractivity contribution in [3.8, 4) is 23.0 Å². The Kier molecular flexibility index (Phi) is 7.96. The van der Waals surface area contributed by atoms with Crippen molar-refractivity contribution in [1.82, 2.24) is 19.8 Å². The fourth-order valence-electron chi connectivity index (χ4n) is 7.61. The number of thiophene rings is 1. The highest BCUT2D eigenvalue weighted by Gasteiger charge is 2.49. The first kappa shape index (κ1) is 31.2. The van der Waals surface area contributed by atoms with Crippen molar-refractivity contribution in [2.24, 2.45) is 0 Å². The van der Waals surface area contributed by atoms with Crippen LogP contribution in [0.4, 0.5) is 23.9 Å². The van der Waals surface area contributed by atoms with E-state index in [-0.39, 0.29) is 67.7 Å². The number of aromatic nitrogens is 2. The molecule has 3 aliphatic rings. The minimum absolute atomic E-state index is 0.0586. The Morgan fingerprint density at radius 2 is 2.06 bits per heavy atom. The van der Waals surface area contributed by atoms with Gasteiger partial charge in [-0.2, -0.15) is 9.97 Å². The van der Waals surface area contributed by atoms with E-state index in [2.05, 4.69) is 26.3 Å². The lowest BCUT2D eigenvalue weighted by Gasteiger charge is -2.31. The second-order valence-electron chi connectivity index (χ2n) is 12.4. The number of halogens is 3. The van der Waals surface area contributed by atoms with Gasteiger partial charge in [0.25, 0.3) is 0 Å². The van der Waals surface area contributed by atoms with Gasteiger partial charge in [0.2, 0.25) is 17.5 Å². The van der Waals surface area contributed by atoms with Crippen molar-refractivity contribution < 1.29 is 27.4 Å². The van der Waals surface area contributed by atoms with Gasteiger partial charge in [0.05, 0.1) is 33.2 Å². The zero-order valence-electron chi connectivity index (χ0n) is 25.8. The Balaban J connectivity index is 1.33. The van der Waals surface area contributed by atoms with Crippen molar-refractivity contribution in [3.05, 3.63) is 60.0 Å². The van der Waals surface area contributed by atoms with E-state index in [1.807, 2.05) is 6.92 Å². The zero-order valence-corrected chi connectivity index (χ0v) is 26.6. The number of anilines is 1. The molecule has 3 fully saturated rings. The number of carbonyl (C=O) groups is 1. The summed E-state index contributed by atoms with van der Waals surface area (Å²) in [6.45, 7) is 14.9. The van der Waals surface area contributed by atoms with Crippen molar-refractivity contribution >= 4 is 48.9 Å². The predicted molar refractivity (Wildman–Crippen MR) is 175 cm³/mol. The predicted octanol–water partition coefficient (Wildman–Crippen LogP) is 6.82. The molecule has 3 saturated heterocycles. The average molecular weight is 663 g/mol. The van der Waals surface area contributed by atoms with E-state index >= 15 is 4.39 Å². The van der Waals surface area contributed by atoms with Crippen LogP contribution in [0.5, 0.6) is 11.9 Å². The quantitative estimate of drug-likeness (QED) is 0.163. The van der Waals surface area contributed by atoms with E-state index in [4.69, 9.17) is 21.8 Å². The highest BCUT2D eigenvalue weighted by Crippen LogP contribution is 2.47.